The Morgan fingerprint density at radius 3 is 2.60 bits per heavy atom. The number of hydrogen-bond donors (Lipinski definition) is 1. The maximum Gasteiger partial charge on any atom is 0.119 e. The molecule has 15 heavy (non-hydrogen) atoms. The Kier molecular flexibility index (Phi) is 5.81. The first kappa shape index (κ1) is 12.0. The summed E-state index contributed by atoms with van der Waals surface area (Å²) in [5, 5.41) is 8.53. The molecule has 0 bridgehead atoms. The molecular weight excluding hydrogens is 192 g/mol. The minimum Gasteiger partial charge on any atom is -0.493 e. The van der Waals surface area contributed by atoms with E-state index in [1.165, 1.54) is 0 Å². The molecule has 0 aliphatic carbocycles. The van der Waals surface area contributed by atoms with Gasteiger partial charge in [0.05, 0.1) is 26.4 Å². The topological polar surface area (TPSA) is 38.7 Å². The van der Waals surface area contributed by atoms with Crippen molar-refractivity contribution in [2.45, 2.75) is 6.92 Å². The fourth-order valence-electron chi connectivity index (χ4n) is 1.15. The molecule has 1 rings (SSSR count). The minimum absolute atomic E-state index is 0.0757. The number of rotatable bonds is 7. The van der Waals surface area contributed by atoms with E-state index in [1.54, 1.807) is 0 Å². The molecule has 84 valence electrons. The number of aliphatic hydroxyl groups excluding tert-OH is 1. The molecular formula is C12H18O3. The van der Waals surface area contributed by atoms with Gasteiger partial charge in [-0.3, -0.25) is 0 Å². The molecule has 1 aromatic rings. The lowest BCUT2D eigenvalue weighted by Gasteiger charge is -2.12. The van der Waals surface area contributed by atoms with E-state index < -0.39 is 0 Å². The molecule has 0 heterocycles. The van der Waals surface area contributed by atoms with Gasteiger partial charge in [-0.05, 0) is 12.1 Å². The molecule has 0 saturated carbocycles. The van der Waals surface area contributed by atoms with Crippen LogP contribution in [0.3, 0.4) is 0 Å². The van der Waals surface area contributed by atoms with E-state index in [2.05, 4.69) is 6.92 Å². The molecule has 0 aliphatic heterocycles. The van der Waals surface area contributed by atoms with Crippen LogP contribution in [0.4, 0.5) is 0 Å². The molecule has 3 heteroatoms. The summed E-state index contributed by atoms with van der Waals surface area (Å²) in [5.41, 5.74) is 0. The smallest absolute Gasteiger partial charge is 0.119 e. The maximum absolute atomic E-state index is 8.53. The van der Waals surface area contributed by atoms with Gasteiger partial charge in [-0.2, -0.15) is 0 Å². The van der Waals surface area contributed by atoms with Crippen LogP contribution < -0.4 is 4.74 Å². The van der Waals surface area contributed by atoms with Gasteiger partial charge in [0.2, 0.25) is 0 Å². The molecule has 0 radical (unpaired) electrons. The van der Waals surface area contributed by atoms with Crippen LogP contribution in [0, 0.1) is 5.92 Å². The van der Waals surface area contributed by atoms with Crippen molar-refractivity contribution in [3.63, 3.8) is 0 Å². The maximum atomic E-state index is 8.53. The Balaban J connectivity index is 2.14. The van der Waals surface area contributed by atoms with Crippen LogP contribution in [0.2, 0.25) is 0 Å². The Bertz CT molecular complexity index is 248. The zero-order chi connectivity index (χ0) is 10.9. The van der Waals surface area contributed by atoms with Crippen molar-refractivity contribution in [2.75, 3.05) is 26.4 Å². The van der Waals surface area contributed by atoms with Crippen molar-refractivity contribution in [1.82, 2.24) is 0 Å². The third-order valence-electron chi connectivity index (χ3n) is 1.92. The highest BCUT2D eigenvalue weighted by Gasteiger charge is 2.02. The van der Waals surface area contributed by atoms with Gasteiger partial charge >= 0.3 is 0 Å². The quantitative estimate of drug-likeness (QED) is 0.696. The molecule has 0 spiro atoms. The summed E-state index contributed by atoms with van der Waals surface area (Å²) >= 11 is 0. The van der Waals surface area contributed by atoms with Crippen LogP contribution in [0.15, 0.2) is 30.3 Å². The minimum atomic E-state index is 0.0757. The number of benzene rings is 1. The number of aliphatic hydroxyl groups is 1. The third kappa shape index (κ3) is 5.40. The van der Waals surface area contributed by atoms with Gasteiger partial charge in [-0.1, -0.05) is 25.1 Å². The lowest BCUT2D eigenvalue weighted by Crippen LogP contribution is -2.16. The van der Waals surface area contributed by atoms with E-state index in [1.807, 2.05) is 30.3 Å². The van der Waals surface area contributed by atoms with Crippen molar-refractivity contribution in [2.24, 2.45) is 5.92 Å². The molecule has 0 saturated heterocycles. The van der Waals surface area contributed by atoms with Gasteiger partial charge in [0.15, 0.2) is 0 Å². The summed E-state index contributed by atoms with van der Waals surface area (Å²) in [4.78, 5) is 0. The van der Waals surface area contributed by atoms with E-state index >= 15 is 0 Å². The second kappa shape index (κ2) is 7.26. The van der Waals surface area contributed by atoms with Crippen molar-refractivity contribution in [3.05, 3.63) is 30.3 Å². The summed E-state index contributed by atoms with van der Waals surface area (Å²) in [6.07, 6.45) is 0. The second-order valence-electron chi connectivity index (χ2n) is 3.53. The first-order valence-electron chi connectivity index (χ1n) is 5.19. The summed E-state index contributed by atoms with van der Waals surface area (Å²) < 4.78 is 10.8. The predicted octanol–water partition coefficient (Wildman–Crippen LogP) is 1.71. The van der Waals surface area contributed by atoms with Gasteiger partial charge in [-0.25, -0.2) is 0 Å². The highest BCUT2D eigenvalue weighted by molar-refractivity contribution is 5.20. The van der Waals surface area contributed by atoms with Crippen LogP contribution in [0.1, 0.15) is 6.92 Å². The molecule has 1 unspecified atom stereocenters. The SMILES string of the molecule is CC(COCCO)COc1ccccc1. The van der Waals surface area contributed by atoms with Crippen LogP contribution in [-0.2, 0) is 4.74 Å². The van der Waals surface area contributed by atoms with Crippen LogP contribution in [-0.4, -0.2) is 31.5 Å². The molecule has 1 N–H and O–H groups in total. The molecule has 1 aromatic carbocycles. The summed E-state index contributed by atoms with van der Waals surface area (Å²) in [6.45, 7) is 3.78. The highest BCUT2D eigenvalue weighted by atomic mass is 16.5. The van der Waals surface area contributed by atoms with Gasteiger partial charge in [-0.15, -0.1) is 0 Å². The molecule has 1 atom stereocenters. The zero-order valence-corrected chi connectivity index (χ0v) is 9.06. The fourth-order valence-corrected chi connectivity index (χ4v) is 1.15. The van der Waals surface area contributed by atoms with Gasteiger partial charge in [0.1, 0.15) is 5.75 Å². The van der Waals surface area contributed by atoms with Crippen molar-refractivity contribution >= 4 is 0 Å². The van der Waals surface area contributed by atoms with E-state index in [4.69, 9.17) is 14.6 Å². The highest BCUT2D eigenvalue weighted by Crippen LogP contribution is 2.09. The van der Waals surface area contributed by atoms with Crippen molar-refractivity contribution < 1.29 is 14.6 Å². The average Bonchev–Trinajstić information content (AvgIpc) is 2.28. The van der Waals surface area contributed by atoms with E-state index in [9.17, 15) is 0 Å². The summed E-state index contributed by atoms with van der Waals surface area (Å²) in [7, 11) is 0. The van der Waals surface area contributed by atoms with Crippen LogP contribution in [0.25, 0.3) is 0 Å². The standard InChI is InChI=1S/C12H18O3/c1-11(9-14-8-7-13)10-15-12-5-3-2-4-6-12/h2-6,11,13H,7-10H2,1H3. The molecule has 0 aromatic heterocycles. The summed E-state index contributed by atoms with van der Waals surface area (Å²) in [6, 6.07) is 9.72. The fraction of sp³-hybridized carbons (Fsp3) is 0.500. The number of para-hydroxylation sites is 1. The van der Waals surface area contributed by atoms with E-state index in [0.29, 0.717) is 25.7 Å². The van der Waals surface area contributed by atoms with Gasteiger partial charge < -0.3 is 14.6 Å². The van der Waals surface area contributed by atoms with Crippen LogP contribution in [0.5, 0.6) is 5.75 Å². The first-order chi connectivity index (χ1) is 7.33. The van der Waals surface area contributed by atoms with Crippen LogP contribution >= 0.6 is 0 Å². The number of hydrogen-bond acceptors (Lipinski definition) is 3. The van der Waals surface area contributed by atoms with E-state index in [-0.39, 0.29) is 6.61 Å². The first-order valence-corrected chi connectivity index (χ1v) is 5.19. The zero-order valence-electron chi connectivity index (χ0n) is 9.06. The Labute approximate surface area is 90.6 Å². The van der Waals surface area contributed by atoms with Crippen molar-refractivity contribution in [3.8, 4) is 5.75 Å². The average molecular weight is 210 g/mol. The predicted molar refractivity (Wildman–Crippen MR) is 59.0 cm³/mol. The summed E-state index contributed by atoms with van der Waals surface area (Å²) in [5.74, 6) is 1.21. The monoisotopic (exact) mass is 210 g/mol. The lowest BCUT2D eigenvalue weighted by atomic mass is 10.2. The molecule has 0 fully saturated rings. The third-order valence-corrected chi connectivity index (χ3v) is 1.92. The molecule has 0 amide bonds. The number of ether oxygens (including phenoxy) is 2. The van der Waals surface area contributed by atoms with Gasteiger partial charge in [0.25, 0.3) is 0 Å². The Morgan fingerprint density at radius 1 is 1.20 bits per heavy atom. The second-order valence-corrected chi connectivity index (χ2v) is 3.53. The Morgan fingerprint density at radius 2 is 1.93 bits per heavy atom. The van der Waals surface area contributed by atoms with E-state index in [0.717, 1.165) is 5.75 Å². The Hall–Kier alpha value is -1.06. The largest absolute Gasteiger partial charge is 0.493 e. The van der Waals surface area contributed by atoms with Crippen molar-refractivity contribution in [1.29, 1.82) is 0 Å². The molecule has 0 aliphatic rings. The van der Waals surface area contributed by atoms with Gasteiger partial charge in [0, 0.05) is 5.92 Å². The molecule has 3 nitrogen and oxygen atoms in total. The lowest BCUT2D eigenvalue weighted by molar-refractivity contribution is 0.0588. The normalized spacial score (nSPS) is 12.4.